The summed E-state index contributed by atoms with van der Waals surface area (Å²) in [5.74, 6) is 1.37. The molecule has 6 heteroatoms. The van der Waals surface area contributed by atoms with Crippen LogP contribution < -0.4 is 0 Å². The molecule has 0 rings (SSSR count). The molecule has 16 heavy (non-hydrogen) atoms. The zero-order valence-corrected chi connectivity index (χ0v) is 11.8. The fourth-order valence-corrected chi connectivity index (χ4v) is 2.06. The number of hydrogen-bond donors (Lipinski definition) is 2. The standard InChI is InChI=1S/C5H12O3S.C5H12OS/c1-9(7,8)5-3-2-4-6;1-7-5-3-2-4-6/h6H,2-5H2,1H3;6H,2-5H2,1H3. The van der Waals surface area contributed by atoms with Crippen molar-refractivity contribution in [2.75, 3.05) is 37.2 Å². The van der Waals surface area contributed by atoms with Crippen molar-refractivity contribution >= 4 is 21.6 Å². The zero-order valence-electron chi connectivity index (χ0n) is 10.2. The fraction of sp³-hybridized carbons (Fsp3) is 1.00. The summed E-state index contributed by atoms with van der Waals surface area (Å²) < 4.78 is 20.8. The number of rotatable bonds is 8. The van der Waals surface area contributed by atoms with E-state index in [1.54, 1.807) is 0 Å². The van der Waals surface area contributed by atoms with Crippen LogP contribution in [-0.2, 0) is 9.84 Å². The lowest BCUT2D eigenvalue weighted by Crippen LogP contribution is -2.03. The van der Waals surface area contributed by atoms with Crippen LogP contribution in [0, 0.1) is 0 Å². The van der Waals surface area contributed by atoms with Gasteiger partial charge in [-0.05, 0) is 37.7 Å². The number of unbranched alkanes of at least 4 members (excludes halogenated alkanes) is 2. The Morgan fingerprint density at radius 1 is 1.00 bits per heavy atom. The molecule has 0 radical (unpaired) electrons. The minimum atomic E-state index is -2.81. The Hall–Kier alpha value is 0.220. The van der Waals surface area contributed by atoms with E-state index in [0.717, 1.165) is 12.8 Å². The number of aliphatic hydroxyl groups excluding tert-OH is 2. The van der Waals surface area contributed by atoms with Gasteiger partial charge in [-0.2, -0.15) is 11.8 Å². The van der Waals surface area contributed by atoms with Crippen molar-refractivity contribution in [3.8, 4) is 0 Å². The van der Waals surface area contributed by atoms with Gasteiger partial charge in [0.15, 0.2) is 0 Å². The average molecular weight is 272 g/mol. The molecule has 0 spiro atoms. The van der Waals surface area contributed by atoms with Crippen molar-refractivity contribution < 1.29 is 18.6 Å². The Kier molecular flexibility index (Phi) is 15.4. The summed E-state index contributed by atoms with van der Waals surface area (Å²) in [5.41, 5.74) is 0. The minimum Gasteiger partial charge on any atom is -0.396 e. The monoisotopic (exact) mass is 272 g/mol. The molecule has 0 fully saturated rings. The predicted molar refractivity (Wildman–Crippen MR) is 70.7 cm³/mol. The van der Waals surface area contributed by atoms with E-state index in [9.17, 15) is 8.42 Å². The zero-order chi connectivity index (χ0) is 12.9. The molecule has 0 heterocycles. The highest BCUT2D eigenvalue weighted by atomic mass is 32.2. The van der Waals surface area contributed by atoms with Gasteiger partial charge in [-0.3, -0.25) is 0 Å². The Morgan fingerprint density at radius 3 is 1.88 bits per heavy atom. The van der Waals surface area contributed by atoms with Gasteiger partial charge in [0.05, 0.1) is 0 Å². The lowest BCUT2D eigenvalue weighted by molar-refractivity contribution is 0.287. The average Bonchev–Trinajstić information content (AvgIpc) is 2.18. The van der Waals surface area contributed by atoms with Gasteiger partial charge in [0.2, 0.25) is 0 Å². The highest BCUT2D eigenvalue weighted by Gasteiger charge is 1.99. The Labute approximate surface area is 103 Å². The van der Waals surface area contributed by atoms with Gasteiger partial charge in [0.1, 0.15) is 9.84 Å². The second-order valence-electron chi connectivity index (χ2n) is 3.48. The molecular formula is C10H24O4S2. The van der Waals surface area contributed by atoms with Crippen molar-refractivity contribution in [1.82, 2.24) is 0 Å². The third kappa shape index (κ3) is 23.8. The molecule has 0 unspecified atom stereocenters. The Bertz CT molecular complexity index is 211. The van der Waals surface area contributed by atoms with E-state index in [2.05, 4.69) is 6.26 Å². The molecule has 0 saturated carbocycles. The molecule has 2 N–H and O–H groups in total. The van der Waals surface area contributed by atoms with Crippen molar-refractivity contribution in [3.63, 3.8) is 0 Å². The molecule has 0 aromatic carbocycles. The third-order valence-corrected chi connectivity index (χ3v) is 3.41. The minimum absolute atomic E-state index is 0.0789. The van der Waals surface area contributed by atoms with E-state index < -0.39 is 9.84 Å². The predicted octanol–water partition coefficient (Wildman–Crippen LogP) is 0.925. The van der Waals surface area contributed by atoms with Gasteiger partial charge in [-0.25, -0.2) is 8.42 Å². The van der Waals surface area contributed by atoms with Crippen LogP contribution in [0.2, 0.25) is 0 Å². The highest BCUT2D eigenvalue weighted by molar-refractivity contribution is 7.98. The van der Waals surface area contributed by atoms with Gasteiger partial charge >= 0.3 is 0 Å². The van der Waals surface area contributed by atoms with Crippen molar-refractivity contribution in [1.29, 1.82) is 0 Å². The van der Waals surface area contributed by atoms with E-state index >= 15 is 0 Å². The summed E-state index contributed by atoms with van der Waals surface area (Å²) in [4.78, 5) is 0. The van der Waals surface area contributed by atoms with Gasteiger partial charge < -0.3 is 10.2 Å². The first-order valence-electron chi connectivity index (χ1n) is 5.36. The molecule has 0 aromatic rings. The van der Waals surface area contributed by atoms with Crippen LogP contribution >= 0.6 is 11.8 Å². The molecule has 0 bridgehead atoms. The molecule has 0 saturated heterocycles. The first-order chi connectivity index (χ1) is 7.47. The first kappa shape index (κ1) is 18.6. The maximum absolute atomic E-state index is 10.4. The summed E-state index contributed by atoms with van der Waals surface area (Å²) in [6, 6.07) is 0. The summed E-state index contributed by atoms with van der Waals surface area (Å²) in [7, 11) is -2.81. The number of thioether (sulfide) groups is 1. The van der Waals surface area contributed by atoms with Gasteiger partial charge in [0.25, 0.3) is 0 Å². The second-order valence-corrected chi connectivity index (χ2v) is 6.73. The van der Waals surface area contributed by atoms with Gasteiger partial charge in [0, 0.05) is 25.2 Å². The number of sulfone groups is 1. The molecule has 0 aliphatic rings. The third-order valence-electron chi connectivity index (χ3n) is 1.68. The number of hydrogen-bond acceptors (Lipinski definition) is 5. The molecule has 0 aliphatic carbocycles. The van der Waals surface area contributed by atoms with E-state index in [0.29, 0.717) is 19.4 Å². The summed E-state index contributed by atoms with van der Waals surface area (Å²) >= 11 is 1.83. The van der Waals surface area contributed by atoms with Crippen molar-refractivity contribution in [2.24, 2.45) is 0 Å². The SMILES string of the molecule is CS(=O)(=O)CCCCO.CSCCCCO. The Balaban J connectivity index is 0. The molecule has 0 atom stereocenters. The quantitative estimate of drug-likeness (QED) is 0.643. The molecule has 0 aliphatic heterocycles. The molecule has 0 aromatic heterocycles. The van der Waals surface area contributed by atoms with Crippen LogP contribution in [0.25, 0.3) is 0 Å². The van der Waals surface area contributed by atoms with Crippen LogP contribution in [0.4, 0.5) is 0 Å². The van der Waals surface area contributed by atoms with Crippen LogP contribution in [-0.4, -0.2) is 55.9 Å². The number of aliphatic hydroxyl groups is 2. The normalized spacial score (nSPS) is 10.8. The van der Waals surface area contributed by atoms with Crippen molar-refractivity contribution in [2.45, 2.75) is 25.7 Å². The van der Waals surface area contributed by atoms with Crippen LogP contribution in [0.5, 0.6) is 0 Å². The molecule has 0 amide bonds. The molecular weight excluding hydrogens is 248 g/mol. The largest absolute Gasteiger partial charge is 0.396 e. The second kappa shape index (κ2) is 13.3. The first-order valence-corrected chi connectivity index (χ1v) is 8.81. The van der Waals surface area contributed by atoms with E-state index in [-0.39, 0.29) is 12.4 Å². The Morgan fingerprint density at radius 2 is 1.50 bits per heavy atom. The van der Waals surface area contributed by atoms with Gasteiger partial charge in [-0.1, -0.05) is 0 Å². The summed E-state index contributed by atoms with van der Waals surface area (Å²) in [6.07, 6.45) is 6.53. The maximum atomic E-state index is 10.4. The molecule has 4 nitrogen and oxygen atoms in total. The van der Waals surface area contributed by atoms with E-state index in [1.165, 1.54) is 12.0 Å². The van der Waals surface area contributed by atoms with Crippen molar-refractivity contribution in [3.05, 3.63) is 0 Å². The van der Waals surface area contributed by atoms with Crippen LogP contribution in [0.3, 0.4) is 0 Å². The fourth-order valence-electron chi connectivity index (χ4n) is 0.834. The van der Waals surface area contributed by atoms with Gasteiger partial charge in [-0.15, -0.1) is 0 Å². The maximum Gasteiger partial charge on any atom is 0.147 e. The smallest absolute Gasteiger partial charge is 0.147 e. The van der Waals surface area contributed by atoms with Crippen LogP contribution in [0.1, 0.15) is 25.7 Å². The van der Waals surface area contributed by atoms with Crippen LogP contribution in [0.15, 0.2) is 0 Å². The topological polar surface area (TPSA) is 74.6 Å². The lowest BCUT2D eigenvalue weighted by atomic mass is 10.4. The summed E-state index contributed by atoms with van der Waals surface area (Å²) in [6.45, 7) is 0.427. The summed E-state index contributed by atoms with van der Waals surface area (Å²) in [5, 5.41) is 16.6. The lowest BCUT2D eigenvalue weighted by Gasteiger charge is -1.93. The molecule has 100 valence electrons. The van der Waals surface area contributed by atoms with E-state index in [4.69, 9.17) is 10.2 Å². The highest BCUT2D eigenvalue weighted by Crippen LogP contribution is 1.97. The van der Waals surface area contributed by atoms with E-state index in [1.807, 2.05) is 11.8 Å².